The molecule has 3 aliphatic rings. The third kappa shape index (κ3) is 4.79. The van der Waals surface area contributed by atoms with Crippen LogP contribution in [0, 0.1) is 18.8 Å². The van der Waals surface area contributed by atoms with Gasteiger partial charge < -0.3 is 19.8 Å². The van der Waals surface area contributed by atoms with Crippen LogP contribution >= 0.6 is 0 Å². The Morgan fingerprint density at radius 3 is 2.44 bits per heavy atom. The molecule has 2 fully saturated rings. The highest BCUT2D eigenvalue weighted by Crippen LogP contribution is 2.49. The van der Waals surface area contributed by atoms with Crippen molar-refractivity contribution in [3.05, 3.63) is 52.9 Å². The summed E-state index contributed by atoms with van der Waals surface area (Å²) in [6.45, 7) is 5.21. The van der Waals surface area contributed by atoms with Crippen molar-refractivity contribution in [2.45, 2.75) is 37.9 Å². The monoisotopic (exact) mass is 451 g/mol. The van der Waals surface area contributed by atoms with E-state index in [1.54, 1.807) is 13.0 Å². The second-order valence-electron chi connectivity index (χ2n) is 8.64. The second kappa shape index (κ2) is 8.57. The topological polar surface area (TPSA) is 95.7 Å². The summed E-state index contributed by atoms with van der Waals surface area (Å²) in [7, 11) is 0. The van der Waals surface area contributed by atoms with Gasteiger partial charge in [-0.15, -0.1) is 0 Å². The number of carbonyl (C=O) groups excluding carboxylic acids is 1. The molecule has 32 heavy (non-hydrogen) atoms. The fourth-order valence-electron chi connectivity index (χ4n) is 4.63. The summed E-state index contributed by atoms with van der Waals surface area (Å²) in [5.74, 6) is -0.357. The average Bonchev–Trinajstić information content (AvgIpc) is 3.15. The first-order chi connectivity index (χ1) is 15.1. The van der Waals surface area contributed by atoms with Gasteiger partial charge in [-0.1, -0.05) is 29.4 Å². The van der Waals surface area contributed by atoms with Crippen molar-refractivity contribution in [1.82, 2.24) is 15.4 Å². The molecule has 0 radical (unpaired) electrons. The maximum absolute atomic E-state index is 12.6. The van der Waals surface area contributed by atoms with E-state index < -0.39 is 12.1 Å². The van der Waals surface area contributed by atoms with E-state index in [4.69, 9.17) is 14.4 Å². The minimum atomic E-state index is -5.08. The lowest BCUT2D eigenvalue weighted by Gasteiger charge is -2.22. The number of carboxylic acids is 1. The molecule has 1 saturated heterocycles. The van der Waals surface area contributed by atoms with Crippen molar-refractivity contribution in [2.24, 2.45) is 11.8 Å². The normalized spacial score (nSPS) is 24.3. The highest BCUT2D eigenvalue weighted by molar-refractivity contribution is 5.92. The largest absolute Gasteiger partial charge is 0.490 e. The molecule has 1 aromatic heterocycles. The number of hydrogen-bond acceptors (Lipinski definition) is 5. The van der Waals surface area contributed by atoms with E-state index >= 15 is 0 Å². The van der Waals surface area contributed by atoms with Gasteiger partial charge in [0.25, 0.3) is 5.91 Å². The quantitative estimate of drug-likeness (QED) is 0.739. The molecule has 0 bridgehead atoms. The minimum absolute atomic E-state index is 0.0647. The summed E-state index contributed by atoms with van der Waals surface area (Å²) in [6.07, 6.45) is -2.32. The number of aliphatic carboxylic acids is 1. The van der Waals surface area contributed by atoms with Gasteiger partial charge in [-0.05, 0) is 36.8 Å². The number of hydrogen-bond donors (Lipinski definition) is 2. The van der Waals surface area contributed by atoms with Crippen LogP contribution < -0.4 is 5.32 Å². The van der Waals surface area contributed by atoms with E-state index in [-0.39, 0.29) is 11.9 Å². The lowest BCUT2D eigenvalue weighted by atomic mass is 9.94. The lowest BCUT2D eigenvalue weighted by molar-refractivity contribution is -0.192. The zero-order valence-electron chi connectivity index (χ0n) is 17.4. The Bertz CT molecular complexity index is 1000. The molecule has 1 saturated carbocycles. The van der Waals surface area contributed by atoms with Gasteiger partial charge in [0.1, 0.15) is 5.76 Å². The zero-order valence-corrected chi connectivity index (χ0v) is 17.4. The van der Waals surface area contributed by atoms with Crippen LogP contribution in [0.4, 0.5) is 13.2 Å². The van der Waals surface area contributed by atoms with Crippen molar-refractivity contribution in [1.29, 1.82) is 0 Å². The van der Waals surface area contributed by atoms with Gasteiger partial charge >= 0.3 is 12.1 Å². The number of amides is 1. The Kier molecular flexibility index (Phi) is 5.98. The van der Waals surface area contributed by atoms with Crippen LogP contribution in [0.5, 0.6) is 0 Å². The maximum Gasteiger partial charge on any atom is 0.490 e. The van der Waals surface area contributed by atoms with Crippen molar-refractivity contribution in [3.8, 4) is 0 Å². The molecule has 2 aromatic rings. The molecule has 1 aromatic carbocycles. The smallest absolute Gasteiger partial charge is 0.475 e. The van der Waals surface area contributed by atoms with Crippen molar-refractivity contribution >= 4 is 11.9 Å². The number of nitrogens with one attached hydrogen (secondary N) is 1. The Labute approximate surface area is 182 Å². The van der Waals surface area contributed by atoms with Crippen LogP contribution in [0.2, 0.25) is 0 Å². The van der Waals surface area contributed by atoms with Crippen LogP contribution in [0.3, 0.4) is 0 Å². The van der Waals surface area contributed by atoms with Crippen LogP contribution in [-0.4, -0.2) is 52.9 Å². The van der Waals surface area contributed by atoms with E-state index in [2.05, 4.69) is 39.6 Å². The van der Waals surface area contributed by atoms with E-state index in [0.717, 1.165) is 19.0 Å². The molecule has 1 amide bonds. The average molecular weight is 451 g/mol. The molecule has 0 spiro atoms. The molecule has 7 nitrogen and oxygen atoms in total. The Hall–Kier alpha value is -2.88. The molecule has 2 heterocycles. The Morgan fingerprint density at radius 2 is 1.88 bits per heavy atom. The first-order valence-electron chi connectivity index (χ1n) is 10.5. The number of nitrogens with zero attached hydrogens (tertiary/aromatic N) is 2. The van der Waals surface area contributed by atoms with Crippen LogP contribution in [0.1, 0.15) is 52.2 Å². The van der Waals surface area contributed by atoms with Crippen molar-refractivity contribution < 1.29 is 32.4 Å². The molecule has 1 aliphatic heterocycles. The predicted octanol–water partition coefficient (Wildman–Crippen LogP) is 3.53. The molecular formula is C22H24F3N3O4. The first-order valence-corrected chi connectivity index (χ1v) is 10.5. The van der Waals surface area contributed by atoms with E-state index in [0.29, 0.717) is 23.3 Å². The molecule has 10 heteroatoms. The first kappa shape index (κ1) is 22.3. The van der Waals surface area contributed by atoms with Crippen molar-refractivity contribution in [2.75, 3.05) is 19.6 Å². The summed E-state index contributed by atoms with van der Waals surface area (Å²) in [5.41, 5.74) is 3.05. The van der Waals surface area contributed by atoms with Gasteiger partial charge in [-0.2, -0.15) is 13.2 Å². The van der Waals surface area contributed by atoms with E-state index in [1.165, 1.54) is 30.5 Å². The molecule has 2 N–H and O–H groups in total. The van der Waals surface area contributed by atoms with Gasteiger partial charge in [0, 0.05) is 37.5 Å². The van der Waals surface area contributed by atoms with Crippen LogP contribution in [0.25, 0.3) is 0 Å². The highest BCUT2D eigenvalue weighted by atomic mass is 19.4. The van der Waals surface area contributed by atoms with Gasteiger partial charge in [0.2, 0.25) is 0 Å². The predicted molar refractivity (Wildman–Crippen MR) is 107 cm³/mol. The number of likely N-dealkylation sites (tertiary alicyclic amines) is 1. The fraction of sp³-hybridized carbons (Fsp3) is 0.500. The standard InChI is InChI=1S/C20H23N3O2.C2HF3O2/c1-12-8-18(22-25-12)20(24)21-19-15-5-3-2-4-14(15)16-10-23(11-17(16)19)9-13-6-7-13;3-2(4,5)1(6)7/h2-5,8,13,16-17,19H,6-7,9-11H2,1H3,(H,21,24);(H,6,7)/t16-,17-,19+;/m0./s1. The molecular weight excluding hydrogens is 427 g/mol. The zero-order chi connectivity index (χ0) is 23.0. The third-order valence-corrected chi connectivity index (χ3v) is 6.20. The summed E-state index contributed by atoms with van der Waals surface area (Å²) >= 11 is 0. The lowest BCUT2D eigenvalue weighted by Crippen LogP contribution is -2.34. The molecule has 2 aliphatic carbocycles. The SMILES string of the molecule is Cc1cc(C(=O)N[C@@H]2c3ccccc3[C@@H]3CN(CC4CC4)C[C@H]23)no1.O=C(O)C(F)(F)F. The summed E-state index contributed by atoms with van der Waals surface area (Å²) in [6, 6.07) is 10.3. The van der Waals surface area contributed by atoms with Gasteiger partial charge in [-0.25, -0.2) is 4.79 Å². The number of aromatic nitrogens is 1. The number of fused-ring (bicyclic) bond motifs is 3. The molecule has 0 unspecified atom stereocenters. The number of halogens is 3. The molecule has 172 valence electrons. The highest BCUT2D eigenvalue weighted by Gasteiger charge is 2.47. The van der Waals surface area contributed by atoms with Gasteiger partial charge in [0.15, 0.2) is 5.69 Å². The Balaban J connectivity index is 0.000000307. The minimum Gasteiger partial charge on any atom is -0.475 e. The number of aryl methyl sites for hydroxylation is 1. The summed E-state index contributed by atoms with van der Waals surface area (Å²) in [4.78, 5) is 24.1. The van der Waals surface area contributed by atoms with Crippen LogP contribution in [-0.2, 0) is 4.79 Å². The van der Waals surface area contributed by atoms with E-state index in [9.17, 15) is 18.0 Å². The fourth-order valence-corrected chi connectivity index (χ4v) is 4.63. The van der Waals surface area contributed by atoms with Gasteiger partial charge in [-0.3, -0.25) is 4.79 Å². The van der Waals surface area contributed by atoms with E-state index in [1.807, 2.05) is 0 Å². The number of benzene rings is 1. The molecule has 3 atom stereocenters. The summed E-state index contributed by atoms with van der Waals surface area (Å²) < 4.78 is 36.8. The Morgan fingerprint density at radius 1 is 1.22 bits per heavy atom. The summed E-state index contributed by atoms with van der Waals surface area (Å²) in [5, 5.41) is 14.2. The number of alkyl halides is 3. The second-order valence-corrected chi connectivity index (χ2v) is 8.64. The maximum atomic E-state index is 12.6. The number of carbonyl (C=O) groups is 2. The van der Waals surface area contributed by atoms with Gasteiger partial charge in [0.05, 0.1) is 6.04 Å². The van der Waals surface area contributed by atoms with Crippen molar-refractivity contribution in [3.63, 3.8) is 0 Å². The number of rotatable bonds is 4. The third-order valence-electron chi connectivity index (χ3n) is 6.20. The molecule has 5 rings (SSSR count). The number of carboxylic acid groups (broad SMARTS) is 1. The van der Waals surface area contributed by atoms with Crippen LogP contribution in [0.15, 0.2) is 34.9 Å².